The summed E-state index contributed by atoms with van der Waals surface area (Å²) in [5, 5.41) is 2.87. The van der Waals surface area contributed by atoms with Gasteiger partial charge in [0.2, 0.25) is 0 Å². The van der Waals surface area contributed by atoms with Crippen molar-refractivity contribution in [2.75, 3.05) is 40.4 Å². The molecule has 0 atom stereocenters. The molecule has 1 aliphatic heterocycles. The van der Waals surface area contributed by atoms with Crippen LogP contribution in [0.15, 0.2) is 18.2 Å². The van der Waals surface area contributed by atoms with E-state index in [1.54, 1.807) is 35.1 Å². The first-order valence-corrected chi connectivity index (χ1v) is 8.03. The Balaban J connectivity index is 1.99. The second-order valence-corrected chi connectivity index (χ2v) is 5.95. The second-order valence-electron chi connectivity index (χ2n) is 5.95. The molecule has 1 N–H and O–H groups in total. The van der Waals surface area contributed by atoms with Crippen molar-refractivity contribution in [3.05, 3.63) is 23.8 Å². The molecule has 2 rings (SSSR count). The fourth-order valence-electron chi connectivity index (χ4n) is 2.60. The van der Waals surface area contributed by atoms with Gasteiger partial charge >= 0.3 is 6.03 Å². The van der Waals surface area contributed by atoms with Crippen molar-refractivity contribution in [3.63, 3.8) is 0 Å². The monoisotopic (exact) mass is 335 g/mol. The maximum atomic E-state index is 12.6. The molecule has 132 valence electrons. The Labute approximate surface area is 142 Å². The predicted octanol–water partition coefficient (Wildman–Crippen LogP) is 1.58. The molecule has 24 heavy (non-hydrogen) atoms. The third-order valence-corrected chi connectivity index (χ3v) is 3.90. The number of carbonyl (C=O) groups excluding carboxylic acids is 2. The van der Waals surface area contributed by atoms with Gasteiger partial charge in [-0.15, -0.1) is 0 Å². The van der Waals surface area contributed by atoms with Crippen LogP contribution in [0.25, 0.3) is 0 Å². The maximum Gasteiger partial charge on any atom is 0.317 e. The minimum atomic E-state index is -0.0804. The number of nitrogens with one attached hydrogen (secondary N) is 1. The molecule has 1 fully saturated rings. The molecule has 1 aromatic rings. The molecule has 0 spiro atoms. The van der Waals surface area contributed by atoms with Gasteiger partial charge in [0.15, 0.2) is 11.5 Å². The van der Waals surface area contributed by atoms with Gasteiger partial charge in [-0.05, 0) is 32.0 Å². The third-order valence-electron chi connectivity index (χ3n) is 3.90. The summed E-state index contributed by atoms with van der Waals surface area (Å²) in [7, 11) is 3.10. The van der Waals surface area contributed by atoms with Crippen LogP contribution < -0.4 is 14.8 Å². The Kier molecular flexibility index (Phi) is 5.89. The van der Waals surface area contributed by atoms with Crippen LogP contribution in [-0.4, -0.2) is 68.2 Å². The number of nitrogens with zero attached hydrogens (tertiary/aromatic N) is 2. The Bertz CT molecular complexity index is 595. The van der Waals surface area contributed by atoms with Crippen LogP contribution in [0.1, 0.15) is 24.2 Å². The number of amides is 3. The molecular weight excluding hydrogens is 310 g/mol. The molecule has 0 unspecified atom stereocenters. The highest BCUT2D eigenvalue weighted by Gasteiger charge is 2.25. The Morgan fingerprint density at radius 1 is 1.00 bits per heavy atom. The maximum absolute atomic E-state index is 12.6. The van der Waals surface area contributed by atoms with Gasteiger partial charge in [0, 0.05) is 37.8 Å². The van der Waals surface area contributed by atoms with E-state index < -0.39 is 0 Å². The molecule has 7 nitrogen and oxygen atoms in total. The van der Waals surface area contributed by atoms with Crippen LogP contribution in [0.2, 0.25) is 0 Å². The number of carbonyl (C=O) groups is 2. The number of piperazine rings is 1. The van der Waals surface area contributed by atoms with Gasteiger partial charge in [0.1, 0.15) is 0 Å². The SMILES string of the molecule is COc1ccc(C(=O)N2CCN(C(=O)NC(C)C)CC2)cc1OC. The standard InChI is InChI=1S/C17H25N3O4/c1-12(2)18-17(22)20-9-7-19(8-10-20)16(21)13-5-6-14(23-3)15(11-13)24-4/h5-6,11-12H,7-10H2,1-4H3,(H,18,22). The van der Waals surface area contributed by atoms with Gasteiger partial charge in [0.05, 0.1) is 14.2 Å². The number of hydrogen-bond acceptors (Lipinski definition) is 4. The molecule has 3 amide bonds. The van der Waals surface area contributed by atoms with Gasteiger partial charge in [-0.1, -0.05) is 0 Å². The summed E-state index contributed by atoms with van der Waals surface area (Å²) in [5.74, 6) is 1.04. The summed E-state index contributed by atoms with van der Waals surface area (Å²) in [6.45, 7) is 5.93. The van der Waals surface area contributed by atoms with E-state index in [9.17, 15) is 9.59 Å². The predicted molar refractivity (Wildman–Crippen MR) is 90.7 cm³/mol. The first kappa shape index (κ1) is 17.9. The highest BCUT2D eigenvalue weighted by atomic mass is 16.5. The van der Waals surface area contributed by atoms with Crippen molar-refractivity contribution in [3.8, 4) is 11.5 Å². The molecule has 0 radical (unpaired) electrons. The van der Waals surface area contributed by atoms with Crippen molar-refractivity contribution < 1.29 is 19.1 Å². The van der Waals surface area contributed by atoms with E-state index in [1.807, 2.05) is 13.8 Å². The van der Waals surface area contributed by atoms with Crippen LogP contribution in [0, 0.1) is 0 Å². The van der Waals surface area contributed by atoms with Crippen molar-refractivity contribution in [2.45, 2.75) is 19.9 Å². The van der Waals surface area contributed by atoms with E-state index in [0.717, 1.165) is 0 Å². The molecule has 1 saturated heterocycles. The summed E-state index contributed by atoms with van der Waals surface area (Å²) < 4.78 is 10.4. The number of benzene rings is 1. The van der Waals surface area contributed by atoms with Crippen molar-refractivity contribution >= 4 is 11.9 Å². The van der Waals surface area contributed by atoms with Gasteiger partial charge in [0.25, 0.3) is 5.91 Å². The first-order valence-electron chi connectivity index (χ1n) is 8.03. The molecule has 0 aromatic heterocycles. The zero-order valence-corrected chi connectivity index (χ0v) is 14.7. The average molecular weight is 335 g/mol. The van der Waals surface area contributed by atoms with Crippen molar-refractivity contribution in [1.82, 2.24) is 15.1 Å². The quantitative estimate of drug-likeness (QED) is 0.907. The Morgan fingerprint density at radius 2 is 1.58 bits per heavy atom. The van der Waals surface area contributed by atoms with Gasteiger partial charge in [-0.2, -0.15) is 0 Å². The number of rotatable bonds is 4. The van der Waals surface area contributed by atoms with Gasteiger partial charge in [-0.3, -0.25) is 4.79 Å². The number of urea groups is 1. The van der Waals surface area contributed by atoms with Gasteiger partial charge in [-0.25, -0.2) is 4.79 Å². The average Bonchev–Trinajstić information content (AvgIpc) is 2.60. The number of methoxy groups -OCH3 is 2. The van der Waals surface area contributed by atoms with Crippen LogP contribution in [0.5, 0.6) is 11.5 Å². The van der Waals surface area contributed by atoms with Gasteiger partial charge < -0.3 is 24.6 Å². The summed E-state index contributed by atoms with van der Waals surface area (Å²) in [5.41, 5.74) is 0.549. The number of hydrogen-bond donors (Lipinski definition) is 1. The highest BCUT2D eigenvalue weighted by Crippen LogP contribution is 2.28. The summed E-state index contributed by atoms with van der Waals surface area (Å²) in [6, 6.07) is 5.14. The van der Waals surface area contributed by atoms with Crippen LogP contribution in [0.3, 0.4) is 0 Å². The van der Waals surface area contributed by atoms with E-state index in [0.29, 0.717) is 43.2 Å². The smallest absolute Gasteiger partial charge is 0.317 e. The molecule has 0 aliphatic carbocycles. The fraction of sp³-hybridized carbons (Fsp3) is 0.529. The van der Waals surface area contributed by atoms with E-state index in [2.05, 4.69) is 5.32 Å². The lowest BCUT2D eigenvalue weighted by Crippen LogP contribution is -2.54. The normalized spacial score (nSPS) is 14.5. The van der Waals surface area contributed by atoms with Crippen LogP contribution in [-0.2, 0) is 0 Å². The zero-order valence-electron chi connectivity index (χ0n) is 14.7. The Morgan fingerprint density at radius 3 is 2.12 bits per heavy atom. The topological polar surface area (TPSA) is 71.1 Å². The van der Waals surface area contributed by atoms with Crippen LogP contribution >= 0.6 is 0 Å². The minimum Gasteiger partial charge on any atom is -0.493 e. The van der Waals surface area contributed by atoms with E-state index >= 15 is 0 Å². The largest absolute Gasteiger partial charge is 0.493 e. The van der Waals surface area contributed by atoms with E-state index in [1.165, 1.54) is 7.11 Å². The summed E-state index contributed by atoms with van der Waals surface area (Å²) >= 11 is 0. The molecule has 0 bridgehead atoms. The summed E-state index contributed by atoms with van der Waals surface area (Å²) in [6.07, 6.45) is 0. The van der Waals surface area contributed by atoms with Crippen molar-refractivity contribution in [2.24, 2.45) is 0 Å². The molecule has 1 heterocycles. The fourth-order valence-corrected chi connectivity index (χ4v) is 2.60. The lowest BCUT2D eigenvalue weighted by molar-refractivity contribution is 0.0663. The first-order chi connectivity index (χ1) is 11.5. The van der Waals surface area contributed by atoms with Crippen molar-refractivity contribution in [1.29, 1.82) is 0 Å². The molecule has 0 saturated carbocycles. The minimum absolute atomic E-state index is 0.0696. The molecular formula is C17H25N3O4. The third kappa shape index (κ3) is 4.10. The van der Waals surface area contributed by atoms with E-state index in [4.69, 9.17) is 9.47 Å². The summed E-state index contributed by atoms with van der Waals surface area (Å²) in [4.78, 5) is 28.1. The van der Waals surface area contributed by atoms with Crippen LogP contribution in [0.4, 0.5) is 4.79 Å². The van der Waals surface area contributed by atoms with E-state index in [-0.39, 0.29) is 18.0 Å². The lowest BCUT2D eigenvalue weighted by atomic mass is 10.1. The lowest BCUT2D eigenvalue weighted by Gasteiger charge is -2.35. The molecule has 1 aromatic carbocycles. The second kappa shape index (κ2) is 7.90. The highest BCUT2D eigenvalue weighted by molar-refractivity contribution is 5.95. The Hall–Kier alpha value is -2.44. The molecule has 7 heteroatoms. The molecule has 1 aliphatic rings. The number of ether oxygens (including phenoxy) is 2. The zero-order chi connectivity index (χ0) is 17.7.